The first-order valence-electron chi connectivity index (χ1n) is 6.78. The topological polar surface area (TPSA) is 57.5 Å². The van der Waals surface area contributed by atoms with E-state index < -0.39 is 0 Å². The van der Waals surface area contributed by atoms with Crippen molar-refractivity contribution < 1.29 is 15.0 Å². The molecule has 0 spiro atoms. The molecule has 0 unspecified atom stereocenters. The molecular weight excluding hydrogens is 252 g/mol. The van der Waals surface area contributed by atoms with E-state index in [1.54, 1.807) is 30.3 Å². The van der Waals surface area contributed by atoms with Crippen LogP contribution in [0.15, 0.2) is 42.5 Å². The monoisotopic (exact) mass is 270 g/mol. The Morgan fingerprint density at radius 1 is 1.05 bits per heavy atom. The van der Waals surface area contributed by atoms with Crippen molar-refractivity contribution in [2.75, 3.05) is 0 Å². The van der Waals surface area contributed by atoms with E-state index in [1.807, 2.05) is 6.07 Å². The molecule has 0 aliphatic carbocycles. The van der Waals surface area contributed by atoms with E-state index in [-0.39, 0.29) is 22.8 Å². The van der Waals surface area contributed by atoms with Crippen molar-refractivity contribution in [1.82, 2.24) is 0 Å². The lowest BCUT2D eigenvalue weighted by molar-refractivity contribution is 0.103. The van der Waals surface area contributed by atoms with Gasteiger partial charge in [0.1, 0.15) is 11.5 Å². The van der Waals surface area contributed by atoms with Crippen LogP contribution in [0.4, 0.5) is 0 Å². The van der Waals surface area contributed by atoms with E-state index >= 15 is 0 Å². The Kier molecular flexibility index (Phi) is 4.41. The van der Waals surface area contributed by atoms with Crippen molar-refractivity contribution in [3.05, 3.63) is 59.2 Å². The molecule has 0 bridgehead atoms. The first-order valence-corrected chi connectivity index (χ1v) is 6.78. The fourth-order valence-electron chi connectivity index (χ4n) is 2.12. The van der Waals surface area contributed by atoms with Gasteiger partial charge in [0.05, 0.1) is 5.56 Å². The number of phenols is 2. The van der Waals surface area contributed by atoms with Gasteiger partial charge in [0.2, 0.25) is 0 Å². The summed E-state index contributed by atoms with van der Waals surface area (Å²) in [4.78, 5) is 12.4. The molecule has 0 saturated heterocycles. The first-order chi connectivity index (χ1) is 9.63. The summed E-state index contributed by atoms with van der Waals surface area (Å²) in [6.07, 6.45) is 2.62. The first kappa shape index (κ1) is 14.1. The average Bonchev–Trinajstić information content (AvgIpc) is 2.47. The number of hydrogen-bond donors (Lipinski definition) is 2. The van der Waals surface area contributed by atoms with E-state index in [2.05, 4.69) is 6.92 Å². The van der Waals surface area contributed by atoms with Crippen LogP contribution < -0.4 is 0 Å². The predicted molar refractivity (Wildman–Crippen MR) is 78.3 cm³/mol. The molecule has 0 aliphatic rings. The smallest absolute Gasteiger partial charge is 0.196 e. The molecule has 2 aromatic carbocycles. The Labute approximate surface area is 118 Å². The highest BCUT2D eigenvalue weighted by Gasteiger charge is 2.16. The number of benzene rings is 2. The third kappa shape index (κ3) is 2.99. The quantitative estimate of drug-likeness (QED) is 0.815. The number of aromatic hydroxyl groups is 2. The highest BCUT2D eigenvalue weighted by atomic mass is 16.3. The molecule has 0 fully saturated rings. The summed E-state index contributed by atoms with van der Waals surface area (Å²) in [5, 5.41) is 19.7. The largest absolute Gasteiger partial charge is 0.508 e. The molecule has 0 radical (unpaired) electrons. The van der Waals surface area contributed by atoms with Crippen LogP contribution in [0.5, 0.6) is 11.5 Å². The lowest BCUT2D eigenvalue weighted by atomic mass is 9.97. The third-order valence-electron chi connectivity index (χ3n) is 3.28. The zero-order chi connectivity index (χ0) is 14.5. The van der Waals surface area contributed by atoms with Gasteiger partial charge in [0, 0.05) is 11.6 Å². The Balaban J connectivity index is 2.38. The van der Waals surface area contributed by atoms with E-state index in [9.17, 15) is 15.0 Å². The number of unbranched alkanes of at least 4 members (excludes halogenated alkanes) is 1. The molecule has 104 valence electrons. The molecule has 0 aromatic heterocycles. The molecule has 0 aliphatic heterocycles. The Hall–Kier alpha value is -2.29. The van der Waals surface area contributed by atoms with Gasteiger partial charge in [0.25, 0.3) is 0 Å². The van der Waals surface area contributed by atoms with Crippen molar-refractivity contribution in [3.8, 4) is 11.5 Å². The minimum Gasteiger partial charge on any atom is -0.508 e. The molecule has 0 saturated carbocycles. The van der Waals surface area contributed by atoms with Gasteiger partial charge in [-0.1, -0.05) is 43.7 Å². The zero-order valence-electron chi connectivity index (χ0n) is 11.5. The van der Waals surface area contributed by atoms with Crippen LogP contribution in [-0.2, 0) is 6.42 Å². The normalized spacial score (nSPS) is 10.4. The molecule has 0 heterocycles. The summed E-state index contributed by atoms with van der Waals surface area (Å²) >= 11 is 0. The maximum atomic E-state index is 12.4. The predicted octanol–water partition coefficient (Wildman–Crippen LogP) is 3.67. The molecule has 20 heavy (non-hydrogen) atoms. The van der Waals surface area contributed by atoms with Crippen LogP contribution in [0, 0.1) is 0 Å². The minimum absolute atomic E-state index is 0.0422. The van der Waals surface area contributed by atoms with Crippen LogP contribution in [0.3, 0.4) is 0 Å². The number of ketones is 1. The zero-order valence-corrected chi connectivity index (χ0v) is 11.5. The molecular formula is C17H18O3. The summed E-state index contributed by atoms with van der Waals surface area (Å²) < 4.78 is 0. The van der Waals surface area contributed by atoms with E-state index in [4.69, 9.17) is 0 Å². The van der Waals surface area contributed by atoms with E-state index in [0.717, 1.165) is 12.8 Å². The van der Waals surface area contributed by atoms with Gasteiger partial charge in [-0.05, 0) is 24.5 Å². The number of phenolic OH excluding ortho intramolecular Hbond substituents is 2. The summed E-state index contributed by atoms with van der Waals surface area (Å²) in [7, 11) is 0. The standard InChI is InChI=1S/C17H18O3/c1-2-3-7-13-10-14(16(19)11-15(13)18)17(20)12-8-5-4-6-9-12/h4-6,8-11,18-19H,2-3,7H2,1H3. The van der Waals surface area contributed by atoms with Gasteiger partial charge >= 0.3 is 0 Å². The molecule has 2 rings (SSSR count). The van der Waals surface area contributed by atoms with Crippen LogP contribution >= 0.6 is 0 Å². The van der Waals surface area contributed by atoms with E-state index in [1.165, 1.54) is 6.07 Å². The van der Waals surface area contributed by atoms with Crippen molar-refractivity contribution in [2.24, 2.45) is 0 Å². The fraction of sp³-hybridized carbons (Fsp3) is 0.235. The Morgan fingerprint density at radius 3 is 2.40 bits per heavy atom. The molecule has 3 nitrogen and oxygen atoms in total. The molecule has 2 aromatic rings. The van der Waals surface area contributed by atoms with Gasteiger partial charge in [-0.3, -0.25) is 4.79 Å². The lowest BCUT2D eigenvalue weighted by Crippen LogP contribution is -2.03. The molecule has 3 heteroatoms. The summed E-state index contributed by atoms with van der Waals surface area (Å²) in [6, 6.07) is 11.7. The highest BCUT2D eigenvalue weighted by molar-refractivity contribution is 6.10. The van der Waals surface area contributed by atoms with Crippen LogP contribution in [0.1, 0.15) is 41.3 Å². The van der Waals surface area contributed by atoms with Crippen LogP contribution in [0.25, 0.3) is 0 Å². The number of hydrogen-bond acceptors (Lipinski definition) is 3. The number of aryl methyl sites for hydroxylation is 1. The molecule has 0 atom stereocenters. The molecule has 0 amide bonds. The highest BCUT2D eigenvalue weighted by Crippen LogP contribution is 2.30. The maximum Gasteiger partial charge on any atom is 0.196 e. The van der Waals surface area contributed by atoms with Gasteiger partial charge < -0.3 is 10.2 Å². The fourth-order valence-corrected chi connectivity index (χ4v) is 2.12. The van der Waals surface area contributed by atoms with E-state index in [0.29, 0.717) is 17.5 Å². The minimum atomic E-state index is -0.235. The van der Waals surface area contributed by atoms with Gasteiger partial charge in [-0.25, -0.2) is 0 Å². The molecule has 2 N–H and O–H groups in total. The summed E-state index contributed by atoms with van der Waals surface area (Å²) in [5.74, 6) is -0.377. The van der Waals surface area contributed by atoms with Crippen molar-refractivity contribution in [2.45, 2.75) is 26.2 Å². The van der Waals surface area contributed by atoms with Crippen molar-refractivity contribution in [3.63, 3.8) is 0 Å². The second-order valence-corrected chi connectivity index (χ2v) is 4.80. The number of carbonyl (C=O) groups excluding carboxylic acids is 1. The lowest BCUT2D eigenvalue weighted by Gasteiger charge is -2.09. The van der Waals surface area contributed by atoms with Crippen LogP contribution in [-0.4, -0.2) is 16.0 Å². The van der Waals surface area contributed by atoms with Crippen molar-refractivity contribution >= 4 is 5.78 Å². The third-order valence-corrected chi connectivity index (χ3v) is 3.28. The van der Waals surface area contributed by atoms with Gasteiger partial charge in [0.15, 0.2) is 5.78 Å². The number of rotatable bonds is 5. The second kappa shape index (κ2) is 6.24. The number of carbonyl (C=O) groups is 1. The Bertz CT molecular complexity index is 603. The van der Waals surface area contributed by atoms with Gasteiger partial charge in [-0.2, -0.15) is 0 Å². The summed E-state index contributed by atoms with van der Waals surface area (Å²) in [6.45, 7) is 2.06. The van der Waals surface area contributed by atoms with Crippen LogP contribution in [0.2, 0.25) is 0 Å². The SMILES string of the molecule is CCCCc1cc(C(=O)c2ccccc2)c(O)cc1O. The Morgan fingerprint density at radius 2 is 1.75 bits per heavy atom. The average molecular weight is 270 g/mol. The van der Waals surface area contributed by atoms with Gasteiger partial charge in [-0.15, -0.1) is 0 Å². The summed E-state index contributed by atoms with van der Waals surface area (Å²) in [5.41, 5.74) is 1.46. The van der Waals surface area contributed by atoms with Crippen molar-refractivity contribution in [1.29, 1.82) is 0 Å². The maximum absolute atomic E-state index is 12.4. The second-order valence-electron chi connectivity index (χ2n) is 4.80.